The summed E-state index contributed by atoms with van der Waals surface area (Å²) in [4.78, 5) is 11.4. The zero-order valence-electron chi connectivity index (χ0n) is 10.0. The number of carbonyl (C=O) groups is 1. The Labute approximate surface area is 115 Å². The summed E-state index contributed by atoms with van der Waals surface area (Å²) in [6.07, 6.45) is 2.30. The lowest BCUT2D eigenvalue weighted by Gasteiger charge is -2.14. The monoisotopic (exact) mass is 313 g/mol. The van der Waals surface area contributed by atoms with Crippen LogP contribution in [0.2, 0.25) is 0 Å². The second-order valence-electron chi connectivity index (χ2n) is 4.12. The lowest BCUT2D eigenvalue weighted by molar-refractivity contribution is -0.113. The van der Waals surface area contributed by atoms with Crippen LogP contribution in [-0.4, -0.2) is 30.6 Å². The van der Waals surface area contributed by atoms with E-state index in [-0.39, 0.29) is 17.3 Å². The molecule has 1 saturated heterocycles. The first-order chi connectivity index (χ1) is 8.79. The zero-order valence-corrected chi connectivity index (χ0v) is 11.6. The number of para-hydroxylation sites is 2. The highest BCUT2D eigenvalue weighted by molar-refractivity contribution is 9.09. The summed E-state index contributed by atoms with van der Waals surface area (Å²) in [6, 6.07) is 7.42. The molecular weight excluding hydrogens is 298 g/mol. The lowest BCUT2D eigenvalue weighted by Crippen LogP contribution is -2.18. The molecule has 0 aromatic heterocycles. The Morgan fingerprint density at radius 1 is 1.50 bits per heavy atom. The standard InChI is InChI=1S/C13H16BrNO3/c14-8-13(16)15-11-5-1-2-6-12(11)18-9-10-4-3-7-17-10/h1-2,5-6,10H,3-4,7-9H2,(H,15,16). The summed E-state index contributed by atoms with van der Waals surface area (Å²) >= 11 is 3.12. The summed E-state index contributed by atoms with van der Waals surface area (Å²) in [5, 5.41) is 3.05. The molecular formula is C13H16BrNO3. The van der Waals surface area contributed by atoms with Gasteiger partial charge in [-0.15, -0.1) is 0 Å². The van der Waals surface area contributed by atoms with E-state index in [4.69, 9.17) is 9.47 Å². The van der Waals surface area contributed by atoms with Crippen LogP contribution < -0.4 is 10.1 Å². The number of hydrogen-bond donors (Lipinski definition) is 1. The molecule has 2 rings (SSSR count). The molecule has 1 fully saturated rings. The Hall–Kier alpha value is -1.07. The highest BCUT2D eigenvalue weighted by Crippen LogP contribution is 2.25. The van der Waals surface area contributed by atoms with Crippen LogP contribution in [-0.2, 0) is 9.53 Å². The third-order valence-corrected chi connectivity index (χ3v) is 3.24. The number of benzene rings is 1. The van der Waals surface area contributed by atoms with Gasteiger partial charge in [0.1, 0.15) is 12.4 Å². The minimum Gasteiger partial charge on any atom is -0.489 e. The Kier molecular flexibility index (Phi) is 5.01. The van der Waals surface area contributed by atoms with Crippen LogP contribution in [0.1, 0.15) is 12.8 Å². The average molecular weight is 314 g/mol. The van der Waals surface area contributed by atoms with Crippen LogP contribution in [0.25, 0.3) is 0 Å². The van der Waals surface area contributed by atoms with Crippen molar-refractivity contribution in [3.8, 4) is 5.75 Å². The first kappa shape index (κ1) is 13.4. The summed E-state index contributed by atoms with van der Waals surface area (Å²) < 4.78 is 11.2. The second-order valence-corrected chi connectivity index (χ2v) is 4.68. The normalized spacial score (nSPS) is 18.6. The molecule has 0 saturated carbocycles. The van der Waals surface area contributed by atoms with E-state index in [0.717, 1.165) is 19.4 Å². The van der Waals surface area contributed by atoms with Crippen LogP contribution in [0.5, 0.6) is 5.75 Å². The number of ether oxygens (including phenoxy) is 2. The SMILES string of the molecule is O=C(CBr)Nc1ccccc1OCC1CCCO1. The van der Waals surface area contributed by atoms with Crippen LogP contribution in [0, 0.1) is 0 Å². The molecule has 98 valence electrons. The molecule has 0 radical (unpaired) electrons. The van der Waals surface area contributed by atoms with Gasteiger partial charge in [-0.1, -0.05) is 28.1 Å². The van der Waals surface area contributed by atoms with Gasteiger partial charge in [-0.05, 0) is 25.0 Å². The molecule has 0 aliphatic carbocycles. The van der Waals surface area contributed by atoms with E-state index in [9.17, 15) is 4.79 Å². The molecule has 4 nitrogen and oxygen atoms in total. The van der Waals surface area contributed by atoms with E-state index >= 15 is 0 Å². The summed E-state index contributed by atoms with van der Waals surface area (Å²) in [5.41, 5.74) is 0.694. The van der Waals surface area contributed by atoms with Gasteiger partial charge in [0, 0.05) is 6.61 Å². The van der Waals surface area contributed by atoms with Crippen molar-refractivity contribution in [1.29, 1.82) is 0 Å². The third kappa shape index (κ3) is 3.71. The van der Waals surface area contributed by atoms with Crippen LogP contribution in [0.4, 0.5) is 5.69 Å². The van der Waals surface area contributed by atoms with E-state index in [1.165, 1.54) is 0 Å². The van der Waals surface area contributed by atoms with Crippen molar-refractivity contribution in [1.82, 2.24) is 0 Å². The third-order valence-electron chi connectivity index (χ3n) is 2.73. The number of nitrogens with one attached hydrogen (secondary N) is 1. The molecule has 1 atom stereocenters. The molecule has 1 aliphatic rings. The summed E-state index contributed by atoms with van der Waals surface area (Å²) in [7, 11) is 0. The Morgan fingerprint density at radius 3 is 3.06 bits per heavy atom. The van der Waals surface area contributed by atoms with Crippen molar-refractivity contribution in [2.75, 3.05) is 23.9 Å². The van der Waals surface area contributed by atoms with Gasteiger partial charge in [-0.2, -0.15) is 0 Å². The van der Waals surface area contributed by atoms with Gasteiger partial charge in [0.25, 0.3) is 0 Å². The Bertz CT molecular complexity index is 405. The maximum Gasteiger partial charge on any atom is 0.235 e. The molecule has 1 aliphatic heterocycles. The average Bonchev–Trinajstić information content (AvgIpc) is 2.91. The smallest absolute Gasteiger partial charge is 0.235 e. The Morgan fingerprint density at radius 2 is 2.33 bits per heavy atom. The molecule has 1 N–H and O–H groups in total. The molecule has 5 heteroatoms. The van der Waals surface area contributed by atoms with Crippen molar-refractivity contribution in [2.24, 2.45) is 0 Å². The number of amides is 1. The molecule has 0 spiro atoms. The van der Waals surface area contributed by atoms with Gasteiger partial charge < -0.3 is 14.8 Å². The van der Waals surface area contributed by atoms with Crippen LogP contribution >= 0.6 is 15.9 Å². The van der Waals surface area contributed by atoms with Gasteiger partial charge in [-0.3, -0.25) is 4.79 Å². The number of carbonyl (C=O) groups excluding carboxylic acids is 1. The number of hydrogen-bond acceptors (Lipinski definition) is 3. The van der Waals surface area contributed by atoms with Crippen LogP contribution in [0.15, 0.2) is 24.3 Å². The van der Waals surface area contributed by atoms with Crippen molar-refractivity contribution >= 4 is 27.5 Å². The molecule has 1 amide bonds. The predicted octanol–water partition coefficient (Wildman–Crippen LogP) is 2.58. The van der Waals surface area contributed by atoms with E-state index in [0.29, 0.717) is 18.0 Å². The second kappa shape index (κ2) is 6.75. The van der Waals surface area contributed by atoms with Crippen molar-refractivity contribution in [3.05, 3.63) is 24.3 Å². The zero-order chi connectivity index (χ0) is 12.8. The molecule has 1 aromatic rings. The number of anilines is 1. The molecule has 1 unspecified atom stereocenters. The first-order valence-corrected chi connectivity index (χ1v) is 7.11. The van der Waals surface area contributed by atoms with Gasteiger partial charge in [0.2, 0.25) is 5.91 Å². The lowest BCUT2D eigenvalue weighted by atomic mass is 10.2. The van der Waals surface area contributed by atoms with Gasteiger partial charge in [0.15, 0.2) is 0 Å². The van der Waals surface area contributed by atoms with Gasteiger partial charge in [0.05, 0.1) is 17.1 Å². The fourth-order valence-electron chi connectivity index (χ4n) is 1.84. The van der Waals surface area contributed by atoms with E-state index < -0.39 is 0 Å². The highest BCUT2D eigenvalue weighted by Gasteiger charge is 2.16. The minimum absolute atomic E-state index is 0.0943. The van der Waals surface area contributed by atoms with E-state index in [2.05, 4.69) is 21.2 Å². The predicted molar refractivity (Wildman–Crippen MR) is 73.3 cm³/mol. The molecule has 18 heavy (non-hydrogen) atoms. The molecule has 1 heterocycles. The maximum absolute atomic E-state index is 11.4. The van der Waals surface area contributed by atoms with Crippen LogP contribution in [0.3, 0.4) is 0 Å². The van der Waals surface area contributed by atoms with Gasteiger partial charge in [-0.25, -0.2) is 0 Å². The fraction of sp³-hybridized carbons (Fsp3) is 0.462. The maximum atomic E-state index is 11.4. The van der Waals surface area contributed by atoms with Crippen molar-refractivity contribution in [3.63, 3.8) is 0 Å². The summed E-state index contributed by atoms with van der Waals surface area (Å²) in [6.45, 7) is 1.34. The number of alkyl halides is 1. The van der Waals surface area contributed by atoms with Crippen molar-refractivity contribution < 1.29 is 14.3 Å². The Balaban J connectivity index is 1.95. The largest absolute Gasteiger partial charge is 0.489 e. The molecule has 0 bridgehead atoms. The number of rotatable bonds is 5. The van der Waals surface area contributed by atoms with Gasteiger partial charge >= 0.3 is 0 Å². The first-order valence-electron chi connectivity index (χ1n) is 5.99. The van der Waals surface area contributed by atoms with Crippen molar-refractivity contribution in [2.45, 2.75) is 18.9 Å². The topological polar surface area (TPSA) is 47.6 Å². The quantitative estimate of drug-likeness (QED) is 0.850. The summed E-state index contributed by atoms with van der Waals surface area (Å²) in [5.74, 6) is 0.588. The van der Waals surface area contributed by atoms with E-state index in [1.54, 1.807) is 0 Å². The molecule has 1 aromatic carbocycles. The minimum atomic E-state index is -0.0943. The highest BCUT2D eigenvalue weighted by atomic mass is 79.9. The fourth-order valence-corrected chi connectivity index (χ4v) is 1.98. The number of halogens is 1. The van der Waals surface area contributed by atoms with E-state index in [1.807, 2.05) is 24.3 Å².